The first-order chi connectivity index (χ1) is 11.5. The molecule has 2 N–H and O–H groups in total. The van der Waals surface area contributed by atoms with Crippen LogP contribution >= 0.6 is 0 Å². The van der Waals surface area contributed by atoms with Gasteiger partial charge in [0.1, 0.15) is 6.61 Å². The number of benzene rings is 1. The van der Waals surface area contributed by atoms with Crippen LogP contribution in [-0.2, 0) is 9.53 Å². The molecule has 0 saturated heterocycles. The molecule has 1 aromatic carbocycles. The van der Waals surface area contributed by atoms with Crippen molar-refractivity contribution in [3.05, 3.63) is 42.1 Å². The zero-order valence-corrected chi connectivity index (χ0v) is 14.1. The summed E-state index contributed by atoms with van der Waals surface area (Å²) in [4.78, 5) is 16.7. The first kappa shape index (κ1) is 16.9. The number of hydrogen-bond acceptors (Lipinski definition) is 4. The molecule has 1 aliphatic carbocycles. The lowest BCUT2D eigenvalue weighted by atomic mass is 9.75. The van der Waals surface area contributed by atoms with Crippen molar-refractivity contribution in [2.45, 2.75) is 44.9 Å². The molecule has 1 fully saturated rings. The lowest BCUT2D eigenvalue weighted by molar-refractivity contribution is -0.129. The van der Waals surface area contributed by atoms with Gasteiger partial charge >= 0.3 is 0 Å². The van der Waals surface area contributed by atoms with Gasteiger partial charge in [0.25, 0.3) is 0 Å². The lowest BCUT2D eigenvalue weighted by Crippen LogP contribution is -2.42. The normalized spacial score (nSPS) is 21.5. The number of pyridine rings is 1. The van der Waals surface area contributed by atoms with Gasteiger partial charge in [0, 0.05) is 11.6 Å². The molecule has 128 valence electrons. The van der Waals surface area contributed by atoms with Gasteiger partial charge in [-0.3, -0.25) is 9.78 Å². The summed E-state index contributed by atoms with van der Waals surface area (Å²) in [6.07, 6.45) is 2.96. The van der Waals surface area contributed by atoms with E-state index in [0.717, 1.165) is 16.5 Å². The van der Waals surface area contributed by atoms with Crippen LogP contribution in [-0.4, -0.2) is 34.8 Å². The van der Waals surface area contributed by atoms with Crippen molar-refractivity contribution in [1.29, 1.82) is 0 Å². The monoisotopic (exact) mass is 328 g/mol. The second-order valence-corrected chi connectivity index (χ2v) is 6.75. The molecule has 1 aliphatic rings. The van der Waals surface area contributed by atoms with Crippen LogP contribution in [0.3, 0.4) is 0 Å². The van der Waals surface area contributed by atoms with E-state index in [9.17, 15) is 9.90 Å². The number of fused-ring (bicyclic) bond motifs is 1. The van der Waals surface area contributed by atoms with E-state index >= 15 is 0 Å². The number of ether oxygens (including phenoxy) is 1. The van der Waals surface area contributed by atoms with E-state index in [1.807, 2.05) is 44.3 Å². The summed E-state index contributed by atoms with van der Waals surface area (Å²) in [7, 11) is 0. The van der Waals surface area contributed by atoms with E-state index in [1.165, 1.54) is 0 Å². The Morgan fingerprint density at radius 3 is 2.83 bits per heavy atom. The average molecular weight is 328 g/mol. The van der Waals surface area contributed by atoms with Gasteiger partial charge in [-0.25, -0.2) is 0 Å². The number of hydrogen-bond donors (Lipinski definition) is 2. The van der Waals surface area contributed by atoms with Crippen molar-refractivity contribution in [3.8, 4) is 0 Å². The molecular formula is C19H24N2O3. The van der Waals surface area contributed by atoms with Crippen molar-refractivity contribution in [3.63, 3.8) is 0 Å². The van der Waals surface area contributed by atoms with Crippen LogP contribution in [0.2, 0.25) is 0 Å². The summed E-state index contributed by atoms with van der Waals surface area (Å²) in [5, 5.41) is 13.8. The first-order valence-electron chi connectivity index (χ1n) is 8.46. The first-order valence-corrected chi connectivity index (χ1v) is 8.46. The molecule has 2 aromatic rings. The number of aliphatic hydroxyl groups excluding tert-OH is 1. The van der Waals surface area contributed by atoms with Crippen LogP contribution in [0.4, 0.5) is 0 Å². The van der Waals surface area contributed by atoms with Crippen LogP contribution in [0.15, 0.2) is 36.5 Å². The number of para-hydroxylation sites is 1. The highest BCUT2D eigenvalue weighted by atomic mass is 16.5. The average Bonchev–Trinajstić information content (AvgIpc) is 2.55. The highest BCUT2D eigenvalue weighted by molar-refractivity contribution is 5.80. The maximum absolute atomic E-state index is 12.2. The van der Waals surface area contributed by atoms with E-state index in [4.69, 9.17) is 4.74 Å². The number of carbonyl (C=O) groups is 1. The van der Waals surface area contributed by atoms with Crippen LogP contribution in [0, 0.1) is 5.92 Å². The van der Waals surface area contributed by atoms with Crippen LogP contribution < -0.4 is 5.32 Å². The maximum atomic E-state index is 12.2. The van der Waals surface area contributed by atoms with Gasteiger partial charge in [0.2, 0.25) is 5.91 Å². The van der Waals surface area contributed by atoms with Crippen molar-refractivity contribution in [2.24, 2.45) is 5.92 Å². The Balaban J connectivity index is 1.79. The SMILES string of the molecule is CC(C)OCC(=O)NC(c1cnc2ccccc2c1)C1CC(O)C1. The Labute approximate surface area is 142 Å². The van der Waals surface area contributed by atoms with Crippen molar-refractivity contribution in [2.75, 3.05) is 6.61 Å². The number of amides is 1. The second-order valence-electron chi connectivity index (χ2n) is 6.75. The van der Waals surface area contributed by atoms with Crippen molar-refractivity contribution in [1.82, 2.24) is 10.3 Å². The largest absolute Gasteiger partial charge is 0.393 e. The number of aromatic nitrogens is 1. The highest BCUT2D eigenvalue weighted by Gasteiger charge is 2.35. The Kier molecular flexibility index (Phi) is 5.11. The fraction of sp³-hybridized carbons (Fsp3) is 0.474. The van der Waals surface area contributed by atoms with Crippen molar-refractivity contribution >= 4 is 16.8 Å². The van der Waals surface area contributed by atoms with E-state index < -0.39 is 0 Å². The number of aliphatic hydroxyl groups is 1. The minimum Gasteiger partial charge on any atom is -0.393 e. The summed E-state index contributed by atoms with van der Waals surface area (Å²) in [5.74, 6) is 0.0919. The molecule has 3 rings (SSSR count). The van der Waals surface area contributed by atoms with Gasteiger partial charge in [-0.05, 0) is 50.3 Å². The highest BCUT2D eigenvalue weighted by Crippen LogP contribution is 2.38. The Morgan fingerprint density at radius 1 is 1.38 bits per heavy atom. The standard InChI is InChI=1S/C19H24N2O3/c1-12(2)24-11-18(23)21-19(14-8-16(22)9-14)15-7-13-5-3-4-6-17(13)20-10-15/h3-7,10,12,14,16,19,22H,8-9,11H2,1-2H3,(H,21,23). The molecule has 0 bridgehead atoms. The lowest BCUT2D eigenvalue weighted by Gasteiger charge is -2.38. The third-order valence-corrected chi connectivity index (χ3v) is 4.46. The van der Waals surface area contributed by atoms with E-state index in [-0.39, 0.29) is 36.7 Å². The molecular weight excluding hydrogens is 304 g/mol. The molecule has 1 aromatic heterocycles. The summed E-state index contributed by atoms with van der Waals surface area (Å²) in [6, 6.07) is 9.85. The molecule has 24 heavy (non-hydrogen) atoms. The summed E-state index contributed by atoms with van der Waals surface area (Å²) >= 11 is 0. The molecule has 1 amide bonds. The van der Waals surface area contributed by atoms with E-state index in [2.05, 4.69) is 16.4 Å². The molecule has 5 nitrogen and oxygen atoms in total. The van der Waals surface area contributed by atoms with Gasteiger partial charge in [0.05, 0.1) is 23.8 Å². The Bertz CT molecular complexity index is 711. The number of carbonyl (C=O) groups excluding carboxylic acids is 1. The van der Waals surface area contributed by atoms with Crippen molar-refractivity contribution < 1.29 is 14.6 Å². The third-order valence-electron chi connectivity index (χ3n) is 4.46. The summed E-state index contributed by atoms with van der Waals surface area (Å²) in [6.45, 7) is 3.85. The van der Waals surface area contributed by atoms with Gasteiger partial charge in [-0.15, -0.1) is 0 Å². The molecule has 1 unspecified atom stereocenters. The minimum atomic E-state index is -0.269. The maximum Gasteiger partial charge on any atom is 0.246 e. The van der Waals surface area contributed by atoms with Crippen LogP contribution in [0.5, 0.6) is 0 Å². The molecule has 1 saturated carbocycles. The number of nitrogens with one attached hydrogen (secondary N) is 1. The third kappa shape index (κ3) is 3.91. The molecule has 1 heterocycles. The fourth-order valence-electron chi connectivity index (χ4n) is 3.09. The molecule has 0 spiro atoms. The molecule has 1 atom stereocenters. The zero-order valence-electron chi connectivity index (χ0n) is 14.1. The van der Waals surface area contributed by atoms with Gasteiger partial charge < -0.3 is 15.2 Å². The summed E-state index contributed by atoms with van der Waals surface area (Å²) < 4.78 is 5.39. The molecule has 5 heteroatoms. The molecule has 0 radical (unpaired) electrons. The number of nitrogens with zero attached hydrogens (tertiary/aromatic N) is 1. The van der Waals surface area contributed by atoms with Gasteiger partial charge in [-0.1, -0.05) is 18.2 Å². The van der Waals surface area contributed by atoms with E-state index in [0.29, 0.717) is 12.8 Å². The number of rotatable bonds is 6. The Hall–Kier alpha value is -1.98. The van der Waals surface area contributed by atoms with E-state index in [1.54, 1.807) is 0 Å². The van der Waals surface area contributed by atoms with Crippen LogP contribution in [0.25, 0.3) is 10.9 Å². The predicted octanol–water partition coefficient (Wildman–Crippen LogP) is 2.59. The minimum absolute atomic E-state index is 0.0158. The fourth-order valence-corrected chi connectivity index (χ4v) is 3.09. The van der Waals surface area contributed by atoms with Gasteiger partial charge in [0.15, 0.2) is 0 Å². The smallest absolute Gasteiger partial charge is 0.246 e. The second kappa shape index (κ2) is 7.28. The topological polar surface area (TPSA) is 71.5 Å². The Morgan fingerprint density at radius 2 is 2.12 bits per heavy atom. The zero-order chi connectivity index (χ0) is 17.1. The van der Waals surface area contributed by atoms with Gasteiger partial charge in [-0.2, -0.15) is 0 Å². The predicted molar refractivity (Wildman–Crippen MR) is 92.4 cm³/mol. The van der Waals surface area contributed by atoms with Crippen LogP contribution in [0.1, 0.15) is 38.3 Å². The summed E-state index contributed by atoms with van der Waals surface area (Å²) in [5.41, 5.74) is 1.91. The quantitative estimate of drug-likeness (QED) is 0.855. The molecule has 0 aliphatic heterocycles.